The van der Waals surface area contributed by atoms with Gasteiger partial charge in [-0.25, -0.2) is 0 Å². The first-order valence-corrected chi connectivity index (χ1v) is 10.8. The highest BCUT2D eigenvalue weighted by molar-refractivity contribution is 7.78. The zero-order chi connectivity index (χ0) is 22.4. The number of nitrogens with one attached hydrogen (secondary N) is 1. The van der Waals surface area contributed by atoms with E-state index in [9.17, 15) is 26.7 Å². The average Bonchev–Trinajstić information content (AvgIpc) is 2.74. The molecule has 1 aliphatic heterocycles. The van der Waals surface area contributed by atoms with Crippen molar-refractivity contribution >= 4 is 17.0 Å². The van der Waals surface area contributed by atoms with Gasteiger partial charge < -0.3 is 14.6 Å². The number of amides is 1. The van der Waals surface area contributed by atoms with Gasteiger partial charge in [0.2, 0.25) is 0 Å². The molecule has 2 heterocycles. The highest BCUT2D eigenvalue weighted by Crippen LogP contribution is 2.29. The van der Waals surface area contributed by atoms with Crippen molar-refractivity contribution in [2.45, 2.75) is 18.0 Å². The summed E-state index contributed by atoms with van der Waals surface area (Å²) < 4.78 is 66.0. The second kappa shape index (κ2) is 10.3. The molecule has 2 unspecified atom stereocenters. The lowest BCUT2D eigenvalue weighted by atomic mass is 10.0. The van der Waals surface area contributed by atoms with Crippen LogP contribution in [0.5, 0.6) is 0 Å². The van der Waals surface area contributed by atoms with Crippen LogP contribution < -0.4 is 5.32 Å². The molecule has 1 N–H and O–H groups in total. The van der Waals surface area contributed by atoms with Crippen LogP contribution in [0.4, 0.5) is 13.2 Å². The van der Waals surface area contributed by atoms with E-state index in [0.717, 1.165) is 6.07 Å². The molecule has 3 rings (SSSR count). The van der Waals surface area contributed by atoms with Crippen LogP contribution in [-0.4, -0.2) is 57.4 Å². The fraction of sp³-hybridized carbons (Fsp3) is 0.400. The molecule has 1 fully saturated rings. The van der Waals surface area contributed by atoms with Gasteiger partial charge in [0.05, 0.1) is 19.3 Å². The van der Waals surface area contributed by atoms with E-state index in [1.165, 1.54) is 18.3 Å². The number of nitrogens with zero attached hydrogens (tertiary/aromatic N) is 2. The highest BCUT2D eigenvalue weighted by Gasteiger charge is 2.33. The molecule has 1 aromatic carbocycles. The van der Waals surface area contributed by atoms with Gasteiger partial charge in [-0.15, -0.1) is 0 Å². The van der Waals surface area contributed by atoms with E-state index in [2.05, 4.69) is 10.3 Å². The molecule has 0 spiro atoms. The Labute approximate surface area is 179 Å². The molecule has 7 nitrogen and oxygen atoms in total. The van der Waals surface area contributed by atoms with Crippen LogP contribution in [0.1, 0.15) is 33.2 Å². The third-order valence-electron chi connectivity index (χ3n) is 4.94. The zero-order valence-electron chi connectivity index (χ0n) is 16.4. The number of alkyl halides is 3. The molecule has 0 aliphatic carbocycles. The molecular formula is C20H21F3N3O4S-. The first-order chi connectivity index (χ1) is 14.8. The van der Waals surface area contributed by atoms with Gasteiger partial charge >= 0.3 is 6.18 Å². The van der Waals surface area contributed by atoms with Crippen LogP contribution >= 0.6 is 0 Å². The Morgan fingerprint density at radius 2 is 1.94 bits per heavy atom. The number of benzene rings is 1. The summed E-state index contributed by atoms with van der Waals surface area (Å²) in [5.41, 5.74) is 0.148. The number of halogens is 3. The second-order valence-corrected chi connectivity index (χ2v) is 7.85. The molecule has 31 heavy (non-hydrogen) atoms. The van der Waals surface area contributed by atoms with Gasteiger partial charge in [0.25, 0.3) is 5.91 Å². The van der Waals surface area contributed by atoms with Crippen molar-refractivity contribution in [2.24, 2.45) is 0 Å². The van der Waals surface area contributed by atoms with E-state index in [1.807, 2.05) is 4.90 Å². The predicted octanol–water partition coefficient (Wildman–Crippen LogP) is 2.28. The van der Waals surface area contributed by atoms with Crippen molar-refractivity contribution in [3.8, 4) is 0 Å². The number of hydrogen-bond acceptors (Lipinski definition) is 6. The van der Waals surface area contributed by atoms with Gasteiger partial charge in [-0.1, -0.05) is 35.3 Å². The van der Waals surface area contributed by atoms with E-state index < -0.39 is 34.9 Å². The molecule has 2 aromatic rings. The molecule has 168 valence electrons. The Bertz CT molecular complexity index is 919. The van der Waals surface area contributed by atoms with Crippen LogP contribution in [0, 0.1) is 0 Å². The molecule has 11 heteroatoms. The zero-order valence-corrected chi connectivity index (χ0v) is 17.2. The van der Waals surface area contributed by atoms with Crippen molar-refractivity contribution in [3.63, 3.8) is 0 Å². The maximum atomic E-state index is 12.9. The number of aromatic nitrogens is 1. The topological polar surface area (TPSA) is 94.6 Å². The molecule has 1 aliphatic rings. The van der Waals surface area contributed by atoms with Crippen LogP contribution in [-0.2, 0) is 27.7 Å². The standard InChI is InChI=1S/C20H22F3N3O4S/c21-20(22,23)18-6-5-14(11-24-18)17(26-7-9-30-10-8-26)12-25-19(27)16-4-2-1-3-15(16)13-31(28)29/h1-6,11,17H,7-10,12-13H2,(H,25,27)(H,28,29)/p-1. The van der Waals surface area contributed by atoms with Crippen molar-refractivity contribution in [2.75, 3.05) is 32.8 Å². The third-order valence-corrected chi connectivity index (χ3v) is 5.49. The third kappa shape index (κ3) is 6.33. The lowest BCUT2D eigenvalue weighted by Gasteiger charge is -2.34. The largest absolute Gasteiger partial charge is 0.772 e. The molecule has 2 atom stereocenters. The number of hydrogen-bond donors (Lipinski definition) is 1. The van der Waals surface area contributed by atoms with E-state index in [4.69, 9.17) is 4.74 Å². The Balaban J connectivity index is 1.78. The summed E-state index contributed by atoms with van der Waals surface area (Å²) in [7, 11) is 0. The van der Waals surface area contributed by atoms with E-state index in [1.54, 1.807) is 18.2 Å². The number of carbonyl (C=O) groups excluding carboxylic acids is 1. The number of morpholine rings is 1. The van der Waals surface area contributed by atoms with E-state index in [0.29, 0.717) is 37.4 Å². The minimum absolute atomic E-state index is 0.112. The normalized spacial score (nSPS) is 17.2. The van der Waals surface area contributed by atoms with Gasteiger partial charge in [-0.05, 0) is 23.3 Å². The quantitative estimate of drug-likeness (QED) is 0.643. The second-order valence-electron chi connectivity index (χ2n) is 6.95. The van der Waals surface area contributed by atoms with E-state index >= 15 is 0 Å². The molecule has 1 saturated heterocycles. The lowest BCUT2D eigenvalue weighted by molar-refractivity contribution is -0.141. The van der Waals surface area contributed by atoms with Gasteiger partial charge in [0.1, 0.15) is 5.69 Å². The van der Waals surface area contributed by atoms with Crippen molar-refractivity contribution in [1.29, 1.82) is 0 Å². The summed E-state index contributed by atoms with van der Waals surface area (Å²) in [6, 6.07) is 8.23. The maximum Gasteiger partial charge on any atom is 0.433 e. The van der Waals surface area contributed by atoms with Crippen LogP contribution in [0.2, 0.25) is 0 Å². The summed E-state index contributed by atoms with van der Waals surface area (Å²) in [5.74, 6) is -0.751. The van der Waals surface area contributed by atoms with Gasteiger partial charge in [0, 0.05) is 37.1 Å². The number of ether oxygens (including phenoxy) is 1. The number of pyridine rings is 1. The van der Waals surface area contributed by atoms with E-state index in [-0.39, 0.29) is 17.9 Å². The fourth-order valence-electron chi connectivity index (χ4n) is 3.40. The highest BCUT2D eigenvalue weighted by atomic mass is 32.2. The summed E-state index contributed by atoms with van der Waals surface area (Å²) in [4.78, 5) is 18.3. The molecule has 0 saturated carbocycles. The van der Waals surface area contributed by atoms with Crippen LogP contribution in [0.25, 0.3) is 0 Å². The number of rotatable bonds is 7. The Hall–Kier alpha value is -2.34. The minimum atomic E-state index is -4.54. The van der Waals surface area contributed by atoms with Gasteiger partial charge in [-0.3, -0.25) is 18.9 Å². The number of carbonyl (C=O) groups is 1. The maximum absolute atomic E-state index is 12.9. The smallest absolute Gasteiger partial charge is 0.433 e. The Morgan fingerprint density at radius 3 is 2.55 bits per heavy atom. The molecule has 1 aromatic heterocycles. The Kier molecular flexibility index (Phi) is 7.76. The van der Waals surface area contributed by atoms with Gasteiger partial charge in [-0.2, -0.15) is 13.2 Å². The van der Waals surface area contributed by atoms with Crippen molar-refractivity contribution in [1.82, 2.24) is 15.2 Å². The van der Waals surface area contributed by atoms with Crippen molar-refractivity contribution < 1.29 is 31.5 Å². The minimum Gasteiger partial charge on any atom is -0.772 e. The molecule has 1 amide bonds. The summed E-state index contributed by atoms with van der Waals surface area (Å²) in [6.45, 7) is 2.15. The lowest BCUT2D eigenvalue weighted by Crippen LogP contribution is -2.44. The summed E-state index contributed by atoms with van der Waals surface area (Å²) >= 11 is -2.35. The first-order valence-electron chi connectivity index (χ1n) is 9.52. The first kappa shape index (κ1) is 23.3. The SMILES string of the molecule is O=C(NCC(c1ccc(C(F)(F)F)nc1)N1CCOCC1)c1ccccc1CS(=O)[O-]. The van der Waals surface area contributed by atoms with Crippen LogP contribution in [0.3, 0.4) is 0 Å². The average molecular weight is 456 g/mol. The Morgan fingerprint density at radius 1 is 1.23 bits per heavy atom. The monoisotopic (exact) mass is 456 g/mol. The molecule has 0 bridgehead atoms. The molecule has 0 radical (unpaired) electrons. The summed E-state index contributed by atoms with van der Waals surface area (Å²) in [5, 5.41) is 2.78. The molecular weight excluding hydrogens is 435 g/mol. The fourth-order valence-corrected chi connectivity index (χ4v) is 3.90. The predicted molar refractivity (Wildman–Crippen MR) is 106 cm³/mol. The summed E-state index contributed by atoms with van der Waals surface area (Å²) in [6.07, 6.45) is -3.36. The van der Waals surface area contributed by atoms with Gasteiger partial charge in [0.15, 0.2) is 0 Å². The van der Waals surface area contributed by atoms with Crippen LogP contribution in [0.15, 0.2) is 42.6 Å². The van der Waals surface area contributed by atoms with Crippen molar-refractivity contribution in [3.05, 3.63) is 65.0 Å².